The van der Waals surface area contributed by atoms with Crippen LogP contribution in [0.3, 0.4) is 0 Å². The van der Waals surface area contributed by atoms with Crippen LogP contribution in [0.4, 0.5) is 4.79 Å². The molecule has 0 aliphatic rings. The van der Waals surface area contributed by atoms with E-state index >= 15 is 0 Å². The summed E-state index contributed by atoms with van der Waals surface area (Å²) in [6.07, 6.45) is -0.554. The lowest BCUT2D eigenvalue weighted by molar-refractivity contribution is -0.120. The summed E-state index contributed by atoms with van der Waals surface area (Å²) in [6.45, 7) is 0.321. The van der Waals surface area contributed by atoms with Gasteiger partial charge in [-0.1, -0.05) is 48.5 Å². The molecule has 0 atom stereocenters. The number of hydrogen-bond donors (Lipinski definition) is 0. The van der Waals surface area contributed by atoms with Gasteiger partial charge >= 0.3 is 6.09 Å². The fourth-order valence-electron chi connectivity index (χ4n) is 1.45. The maximum Gasteiger partial charge on any atom is 0.439 e. The van der Waals surface area contributed by atoms with E-state index in [1.165, 1.54) is 7.05 Å². The summed E-state index contributed by atoms with van der Waals surface area (Å²) in [5.41, 5.74) is 0.988. The number of nitrogens with zero attached hydrogens (tertiary/aromatic N) is 1. The zero-order valence-corrected chi connectivity index (χ0v) is 10.7. The van der Waals surface area contributed by atoms with E-state index in [1.54, 1.807) is 24.3 Å². The largest absolute Gasteiger partial charge is 0.439 e. The van der Waals surface area contributed by atoms with Crippen LogP contribution in [0.1, 0.15) is 5.56 Å². The molecular formula is C15H15NO3. The van der Waals surface area contributed by atoms with Gasteiger partial charge in [0.15, 0.2) is 0 Å². The van der Waals surface area contributed by atoms with Gasteiger partial charge in [-0.05, 0) is 17.7 Å². The van der Waals surface area contributed by atoms with Gasteiger partial charge in [0.25, 0.3) is 0 Å². The molecule has 0 heterocycles. The van der Waals surface area contributed by atoms with Crippen LogP contribution in [-0.4, -0.2) is 18.2 Å². The number of hydroxylamine groups is 2. The third-order valence-electron chi connectivity index (χ3n) is 2.47. The van der Waals surface area contributed by atoms with Crippen LogP contribution in [0.2, 0.25) is 0 Å². The standard InChI is InChI=1S/C15H15NO3/c1-16(18-12-13-8-4-2-5-9-13)15(17)19-14-10-6-3-7-11-14/h2-11H,12H2,1H3. The van der Waals surface area contributed by atoms with E-state index in [0.717, 1.165) is 10.6 Å². The Morgan fingerprint density at radius 1 is 1.00 bits per heavy atom. The van der Waals surface area contributed by atoms with Crippen molar-refractivity contribution in [2.45, 2.75) is 6.61 Å². The molecule has 4 heteroatoms. The molecule has 0 unspecified atom stereocenters. The van der Waals surface area contributed by atoms with Gasteiger partial charge in [-0.2, -0.15) is 5.06 Å². The van der Waals surface area contributed by atoms with Crippen LogP contribution in [-0.2, 0) is 11.4 Å². The lowest BCUT2D eigenvalue weighted by Gasteiger charge is -2.16. The monoisotopic (exact) mass is 257 g/mol. The van der Waals surface area contributed by atoms with Gasteiger partial charge in [0.2, 0.25) is 0 Å². The lowest BCUT2D eigenvalue weighted by Crippen LogP contribution is -2.29. The lowest BCUT2D eigenvalue weighted by atomic mass is 10.2. The van der Waals surface area contributed by atoms with E-state index in [-0.39, 0.29) is 0 Å². The van der Waals surface area contributed by atoms with E-state index in [9.17, 15) is 4.79 Å². The Kier molecular flexibility index (Phi) is 4.53. The number of carbonyl (C=O) groups is 1. The quantitative estimate of drug-likeness (QED) is 0.789. The van der Waals surface area contributed by atoms with E-state index in [4.69, 9.17) is 9.57 Å². The first-order valence-electron chi connectivity index (χ1n) is 5.93. The second kappa shape index (κ2) is 6.56. The maximum atomic E-state index is 11.7. The summed E-state index contributed by atoms with van der Waals surface area (Å²) in [5, 5.41) is 1.08. The molecule has 98 valence electrons. The number of para-hydroxylation sites is 1. The molecule has 0 aliphatic heterocycles. The van der Waals surface area contributed by atoms with E-state index in [1.807, 2.05) is 36.4 Å². The van der Waals surface area contributed by atoms with Crippen LogP contribution < -0.4 is 4.74 Å². The minimum Gasteiger partial charge on any atom is -0.409 e. The highest BCUT2D eigenvalue weighted by Gasteiger charge is 2.11. The summed E-state index contributed by atoms with van der Waals surface area (Å²) in [5.74, 6) is 0.489. The average molecular weight is 257 g/mol. The number of amides is 1. The van der Waals surface area contributed by atoms with Gasteiger partial charge in [-0.3, -0.25) is 4.84 Å². The Morgan fingerprint density at radius 3 is 2.21 bits per heavy atom. The Bertz CT molecular complexity index is 513. The van der Waals surface area contributed by atoms with Crippen LogP contribution in [0.15, 0.2) is 60.7 Å². The zero-order chi connectivity index (χ0) is 13.5. The molecule has 19 heavy (non-hydrogen) atoms. The molecule has 0 radical (unpaired) electrons. The smallest absolute Gasteiger partial charge is 0.409 e. The number of carbonyl (C=O) groups excluding carboxylic acids is 1. The van der Waals surface area contributed by atoms with Crippen molar-refractivity contribution in [2.75, 3.05) is 7.05 Å². The molecule has 0 fully saturated rings. The first-order valence-corrected chi connectivity index (χ1v) is 5.93. The van der Waals surface area contributed by atoms with Gasteiger partial charge in [0, 0.05) is 7.05 Å². The molecule has 0 N–H and O–H groups in total. The van der Waals surface area contributed by atoms with E-state index in [2.05, 4.69) is 0 Å². The molecule has 2 aromatic rings. The Balaban J connectivity index is 1.83. The minimum absolute atomic E-state index is 0.321. The second-order valence-electron chi connectivity index (χ2n) is 3.94. The number of rotatable bonds is 4. The topological polar surface area (TPSA) is 38.8 Å². The average Bonchev–Trinajstić information content (AvgIpc) is 2.47. The normalized spacial score (nSPS) is 9.95. The summed E-state index contributed by atoms with van der Waals surface area (Å²) < 4.78 is 5.13. The summed E-state index contributed by atoms with van der Waals surface area (Å²) in [7, 11) is 1.52. The molecule has 1 amide bonds. The molecule has 2 rings (SSSR count). The molecule has 2 aromatic carbocycles. The van der Waals surface area contributed by atoms with E-state index in [0.29, 0.717) is 12.4 Å². The SMILES string of the molecule is CN(OCc1ccccc1)C(=O)Oc1ccccc1. The fraction of sp³-hybridized carbons (Fsp3) is 0.133. The summed E-state index contributed by atoms with van der Waals surface area (Å²) >= 11 is 0. The molecule has 0 bridgehead atoms. The first-order chi connectivity index (χ1) is 9.25. The molecule has 0 saturated heterocycles. The second-order valence-corrected chi connectivity index (χ2v) is 3.94. The Hall–Kier alpha value is -2.33. The molecule has 0 saturated carbocycles. The van der Waals surface area contributed by atoms with Crippen LogP contribution in [0, 0.1) is 0 Å². The number of hydrogen-bond acceptors (Lipinski definition) is 3. The van der Waals surface area contributed by atoms with Gasteiger partial charge in [0.1, 0.15) is 12.4 Å². The maximum absolute atomic E-state index is 11.7. The summed E-state index contributed by atoms with van der Waals surface area (Å²) in [6, 6.07) is 18.5. The van der Waals surface area contributed by atoms with Crippen molar-refractivity contribution in [2.24, 2.45) is 0 Å². The van der Waals surface area contributed by atoms with Crippen molar-refractivity contribution in [3.8, 4) is 5.75 Å². The van der Waals surface area contributed by atoms with Crippen LogP contribution in [0.25, 0.3) is 0 Å². The van der Waals surface area contributed by atoms with Crippen molar-refractivity contribution in [1.29, 1.82) is 0 Å². The molecule has 4 nitrogen and oxygen atoms in total. The van der Waals surface area contributed by atoms with Crippen molar-refractivity contribution in [3.63, 3.8) is 0 Å². The van der Waals surface area contributed by atoms with Crippen LogP contribution >= 0.6 is 0 Å². The van der Waals surface area contributed by atoms with Gasteiger partial charge < -0.3 is 4.74 Å². The number of ether oxygens (including phenoxy) is 1. The minimum atomic E-state index is -0.554. The van der Waals surface area contributed by atoms with Crippen molar-refractivity contribution < 1.29 is 14.4 Å². The van der Waals surface area contributed by atoms with Crippen LogP contribution in [0.5, 0.6) is 5.75 Å². The van der Waals surface area contributed by atoms with Gasteiger partial charge in [-0.25, -0.2) is 4.79 Å². The third kappa shape index (κ3) is 4.12. The predicted octanol–water partition coefficient (Wildman–Crippen LogP) is 3.25. The fourth-order valence-corrected chi connectivity index (χ4v) is 1.45. The molecule has 0 aromatic heterocycles. The van der Waals surface area contributed by atoms with Crippen molar-refractivity contribution >= 4 is 6.09 Å². The zero-order valence-electron chi connectivity index (χ0n) is 10.7. The van der Waals surface area contributed by atoms with Crippen molar-refractivity contribution in [1.82, 2.24) is 5.06 Å². The Labute approximate surface area is 112 Å². The highest BCUT2D eigenvalue weighted by molar-refractivity contribution is 5.69. The van der Waals surface area contributed by atoms with Gasteiger partial charge in [-0.15, -0.1) is 0 Å². The van der Waals surface area contributed by atoms with Crippen molar-refractivity contribution in [3.05, 3.63) is 66.2 Å². The molecule has 0 spiro atoms. The third-order valence-corrected chi connectivity index (χ3v) is 2.47. The molecule has 0 aliphatic carbocycles. The Morgan fingerprint density at radius 2 is 1.58 bits per heavy atom. The summed E-state index contributed by atoms with van der Waals surface area (Å²) in [4.78, 5) is 17.0. The predicted molar refractivity (Wildman–Crippen MR) is 71.5 cm³/mol. The highest BCUT2D eigenvalue weighted by Crippen LogP contribution is 2.10. The number of benzene rings is 2. The van der Waals surface area contributed by atoms with E-state index < -0.39 is 6.09 Å². The highest BCUT2D eigenvalue weighted by atomic mass is 16.7. The van der Waals surface area contributed by atoms with Gasteiger partial charge in [0.05, 0.1) is 0 Å². The molecular weight excluding hydrogens is 242 g/mol. The first kappa shape index (κ1) is 13.1.